The van der Waals surface area contributed by atoms with Crippen LogP contribution in [0.1, 0.15) is 25.7 Å². The van der Waals surface area contributed by atoms with Crippen molar-refractivity contribution in [3.63, 3.8) is 0 Å². The highest BCUT2D eigenvalue weighted by Gasteiger charge is 2.38. The predicted octanol–water partition coefficient (Wildman–Crippen LogP) is 1.76. The highest BCUT2D eigenvalue weighted by atomic mass is 35.5. The summed E-state index contributed by atoms with van der Waals surface area (Å²) in [4.78, 5) is 34.0. The van der Waals surface area contributed by atoms with Crippen LogP contribution in [-0.2, 0) is 9.53 Å². The minimum Gasteiger partial charge on any atom is -0.447 e. The number of cyclic esters (lactones) is 1. The van der Waals surface area contributed by atoms with E-state index < -0.39 is 6.09 Å². The normalized spacial score (nSPS) is 31.2. The van der Waals surface area contributed by atoms with E-state index in [4.69, 9.17) is 16.3 Å². The van der Waals surface area contributed by atoms with E-state index in [-0.39, 0.29) is 23.2 Å². The number of alkyl halides is 1. The minimum atomic E-state index is -0.403. The van der Waals surface area contributed by atoms with Gasteiger partial charge in [0, 0.05) is 24.2 Å². The fraction of sp³-hybridized carbons (Fsp3) is 0.647. The number of nitrogens with one attached hydrogen (secondary N) is 2. The summed E-state index contributed by atoms with van der Waals surface area (Å²) in [5, 5.41) is 6.48. The molecule has 2 N–H and O–H groups in total. The molecule has 26 heavy (non-hydrogen) atoms. The van der Waals surface area contributed by atoms with Crippen LogP contribution in [0.15, 0.2) is 12.3 Å². The van der Waals surface area contributed by atoms with Crippen LogP contribution in [-0.4, -0.2) is 53.1 Å². The molecule has 0 aromatic carbocycles. The molecule has 2 aliphatic heterocycles. The Bertz CT molecular complexity index is 703. The Morgan fingerprint density at radius 2 is 2.23 bits per heavy atom. The van der Waals surface area contributed by atoms with Crippen LogP contribution in [0, 0.1) is 11.8 Å². The Balaban J connectivity index is 1.38. The Morgan fingerprint density at radius 3 is 3.04 bits per heavy atom. The summed E-state index contributed by atoms with van der Waals surface area (Å²) in [6, 6.07) is 1.92. The van der Waals surface area contributed by atoms with Gasteiger partial charge in [0.2, 0.25) is 11.9 Å². The van der Waals surface area contributed by atoms with Crippen LogP contribution in [0.3, 0.4) is 0 Å². The molecule has 4 atom stereocenters. The molecule has 8 nitrogen and oxygen atoms in total. The quantitative estimate of drug-likeness (QED) is 0.774. The zero-order valence-electron chi connectivity index (χ0n) is 14.4. The van der Waals surface area contributed by atoms with E-state index in [1.165, 1.54) is 4.90 Å². The van der Waals surface area contributed by atoms with Crippen molar-refractivity contribution in [1.29, 1.82) is 0 Å². The first-order chi connectivity index (χ1) is 12.6. The molecule has 0 spiro atoms. The first kappa shape index (κ1) is 17.3. The van der Waals surface area contributed by atoms with Gasteiger partial charge in [-0.1, -0.05) is 0 Å². The Labute approximate surface area is 156 Å². The van der Waals surface area contributed by atoms with Crippen molar-refractivity contribution < 1.29 is 14.3 Å². The second-order valence-corrected chi connectivity index (χ2v) is 7.72. The van der Waals surface area contributed by atoms with Gasteiger partial charge >= 0.3 is 6.09 Å². The molecule has 1 aromatic rings. The van der Waals surface area contributed by atoms with Gasteiger partial charge < -0.3 is 15.4 Å². The zero-order chi connectivity index (χ0) is 18.1. The molecule has 1 aromatic heterocycles. The number of fused-ring (bicyclic) bond motifs is 1. The minimum absolute atomic E-state index is 0.0750. The van der Waals surface area contributed by atoms with Crippen LogP contribution in [0.2, 0.25) is 0 Å². The molecule has 2 amide bonds. The number of piperidine rings is 1. The number of rotatable bonds is 4. The molecule has 4 unspecified atom stereocenters. The maximum absolute atomic E-state index is 12.4. The smallest absolute Gasteiger partial charge is 0.415 e. The summed E-state index contributed by atoms with van der Waals surface area (Å²) in [7, 11) is 0. The molecule has 140 valence electrons. The van der Waals surface area contributed by atoms with E-state index in [9.17, 15) is 9.59 Å². The third-order valence-electron chi connectivity index (χ3n) is 5.39. The lowest BCUT2D eigenvalue weighted by Gasteiger charge is -2.40. The van der Waals surface area contributed by atoms with Crippen LogP contribution >= 0.6 is 11.6 Å². The summed E-state index contributed by atoms with van der Waals surface area (Å²) >= 11 is 6.29. The average molecular weight is 380 g/mol. The van der Waals surface area contributed by atoms with Crippen molar-refractivity contribution in [3.05, 3.63) is 12.3 Å². The molecular formula is C17H22ClN5O3. The topological polar surface area (TPSA) is 96.5 Å². The van der Waals surface area contributed by atoms with E-state index in [1.54, 1.807) is 12.3 Å². The first-order valence-corrected chi connectivity index (χ1v) is 9.49. The standard InChI is InChI=1S/C17H22ClN5O3/c18-12-1-2-13-10(8-12)7-11(15(24)21-13)9-20-16-19-4-3-14(22-16)23-5-6-26-17(23)25/h3-4,10-13H,1-2,5-9H2,(H,21,24)(H,19,20,22). The molecule has 3 heterocycles. The number of hydrogen-bond donors (Lipinski definition) is 2. The number of amides is 2. The second kappa shape index (κ2) is 7.26. The second-order valence-electron chi connectivity index (χ2n) is 7.10. The largest absolute Gasteiger partial charge is 0.447 e. The van der Waals surface area contributed by atoms with Crippen LogP contribution in [0.4, 0.5) is 16.6 Å². The van der Waals surface area contributed by atoms with E-state index in [2.05, 4.69) is 20.6 Å². The number of ether oxygens (including phenoxy) is 1. The van der Waals surface area contributed by atoms with Crippen molar-refractivity contribution in [1.82, 2.24) is 15.3 Å². The SMILES string of the molecule is O=C1NC2CCC(Cl)CC2CC1CNc1nccc(N2CCOC2=O)n1. The molecular weight excluding hydrogens is 358 g/mol. The lowest BCUT2D eigenvalue weighted by atomic mass is 9.75. The zero-order valence-corrected chi connectivity index (χ0v) is 15.1. The maximum atomic E-state index is 12.4. The number of hydrogen-bond acceptors (Lipinski definition) is 6. The van der Waals surface area contributed by atoms with Gasteiger partial charge in [-0.3, -0.25) is 9.69 Å². The molecule has 3 aliphatic rings. The third kappa shape index (κ3) is 3.56. The van der Waals surface area contributed by atoms with Gasteiger partial charge in [-0.15, -0.1) is 11.6 Å². The summed E-state index contributed by atoms with van der Waals surface area (Å²) in [6.07, 6.45) is 4.89. The number of aromatic nitrogens is 2. The number of carbonyl (C=O) groups excluding carboxylic acids is 2. The fourth-order valence-corrected chi connectivity index (χ4v) is 4.36. The summed E-state index contributed by atoms with van der Waals surface area (Å²) in [6.45, 7) is 1.29. The number of carbonyl (C=O) groups is 2. The summed E-state index contributed by atoms with van der Waals surface area (Å²) in [5.41, 5.74) is 0. The molecule has 2 saturated heterocycles. The number of nitrogens with zero attached hydrogens (tertiary/aromatic N) is 3. The molecule has 0 bridgehead atoms. The van der Waals surface area contributed by atoms with Gasteiger partial charge in [-0.2, -0.15) is 4.98 Å². The van der Waals surface area contributed by atoms with Crippen molar-refractivity contribution in [2.75, 3.05) is 29.9 Å². The van der Waals surface area contributed by atoms with E-state index >= 15 is 0 Å². The summed E-state index contributed by atoms with van der Waals surface area (Å²) in [5.74, 6) is 1.27. The molecule has 1 saturated carbocycles. The van der Waals surface area contributed by atoms with Gasteiger partial charge in [0.25, 0.3) is 0 Å². The average Bonchev–Trinajstić information content (AvgIpc) is 3.06. The van der Waals surface area contributed by atoms with E-state index in [0.717, 1.165) is 25.7 Å². The molecule has 0 radical (unpaired) electrons. The lowest BCUT2D eigenvalue weighted by molar-refractivity contribution is -0.129. The van der Waals surface area contributed by atoms with Crippen molar-refractivity contribution in [2.24, 2.45) is 11.8 Å². The predicted molar refractivity (Wildman–Crippen MR) is 96.2 cm³/mol. The molecule has 1 aliphatic carbocycles. The van der Waals surface area contributed by atoms with Gasteiger partial charge in [0.15, 0.2) is 0 Å². The Hall–Kier alpha value is -2.09. The Morgan fingerprint density at radius 1 is 1.35 bits per heavy atom. The van der Waals surface area contributed by atoms with Gasteiger partial charge in [-0.25, -0.2) is 9.78 Å². The van der Waals surface area contributed by atoms with Gasteiger partial charge in [0.1, 0.15) is 12.4 Å². The highest BCUT2D eigenvalue weighted by Crippen LogP contribution is 2.35. The maximum Gasteiger partial charge on any atom is 0.415 e. The lowest BCUT2D eigenvalue weighted by Crippen LogP contribution is -2.53. The van der Waals surface area contributed by atoms with Crippen molar-refractivity contribution in [2.45, 2.75) is 37.1 Å². The van der Waals surface area contributed by atoms with E-state index in [1.807, 2.05) is 0 Å². The van der Waals surface area contributed by atoms with Gasteiger partial charge in [0.05, 0.1) is 12.5 Å². The third-order valence-corrected chi connectivity index (χ3v) is 5.79. The van der Waals surface area contributed by atoms with Crippen molar-refractivity contribution >= 4 is 35.4 Å². The molecule has 4 rings (SSSR count). The Kier molecular flexibility index (Phi) is 4.84. The molecule has 9 heteroatoms. The van der Waals surface area contributed by atoms with Crippen molar-refractivity contribution in [3.8, 4) is 0 Å². The van der Waals surface area contributed by atoms with Crippen LogP contribution < -0.4 is 15.5 Å². The first-order valence-electron chi connectivity index (χ1n) is 9.06. The number of anilines is 2. The molecule has 3 fully saturated rings. The fourth-order valence-electron chi connectivity index (χ4n) is 4.01. The summed E-state index contributed by atoms with van der Waals surface area (Å²) < 4.78 is 4.93. The van der Waals surface area contributed by atoms with Crippen LogP contribution in [0.25, 0.3) is 0 Å². The monoisotopic (exact) mass is 379 g/mol. The van der Waals surface area contributed by atoms with Gasteiger partial charge in [-0.05, 0) is 37.7 Å². The van der Waals surface area contributed by atoms with E-state index in [0.29, 0.717) is 37.4 Å². The van der Waals surface area contributed by atoms with Crippen LogP contribution in [0.5, 0.6) is 0 Å². The highest BCUT2D eigenvalue weighted by molar-refractivity contribution is 6.20. The number of halogens is 1.